The number of sulfonamides is 1. The Hall–Kier alpha value is -2.96. The van der Waals surface area contributed by atoms with Crippen LogP contribution < -0.4 is 10.0 Å². The van der Waals surface area contributed by atoms with Gasteiger partial charge >= 0.3 is 0 Å². The van der Waals surface area contributed by atoms with Crippen molar-refractivity contribution in [3.8, 4) is 10.4 Å². The van der Waals surface area contributed by atoms with Crippen molar-refractivity contribution in [1.29, 1.82) is 0 Å². The largest absolute Gasteiger partial charge is 0.391 e. The number of aliphatic hydroxyl groups is 1. The van der Waals surface area contributed by atoms with Gasteiger partial charge in [-0.3, -0.25) is 0 Å². The minimum Gasteiger partial charge on any atom is -0.391 e. The Morgan fingerprint density at radius 3 is 2.53 bits per heavy atom. The van der Waals surface area contributed by atoms with Crippen LogP contribution in [0.4, 0.5) is 11.6 Å². The number of aliphatic hydroxyl groups excluding tert-OH is 1. The summed E-state index contributed by atoms with van der Waals surface area (Å²) in [6.45, 7) is 5.23. The highest BCUT2D eigenvalue weighted by atomic mass is 32.2. The number of rotatable bonds is 9. The van der Waals surface area contributed by atoms with Crippen LogP contribution in [0.15, 0.2) is 53.4 Å². The highest BCUT2D eigenvalue weighted by molar-refractivity contribution is 7.89. The molecule has 1 aliphatic heterocycles. The van der Waals surface area contributed by atoms with Crippen LogP contribution in [-0.2, 0) is 16.6 Å². The molecule has 4 aromatic rings. The van der Waals surface area contributed by atoms with E-state index in [2.05, 4.69) is 30.1 Å². The lowest BCUT2D eigenvalue weighted by atomic mass is 10.1. The predicted octanol–water partition coefficient (Wildman–Crippen LogP) is 3.67. The number of nitrogens with one attached hydrogen (secondary N) is 2. The number of aromatic nitrogens is 3. The van der Waals surface area contributed by atoms with Crippen molar-refractivity contribution in [2.24, 2.45) is 0 Å². The summed E-state index contributed by atoms with van der Waals surface area (Å²) in [5.74, 6) is 0.327. The number of aryl methyl sites for hydroxylation is 1. The molecule has 0 unspecified atom stereocenters. The molecule has 2 aromatic carbocycles. The fourth-order valence-electron chi connectivity index (χ4n) is 4.29. The number of fused-ring (bicyclic) bond motifs is 1. The van der Waals surface area contributed by atoms with Crippen molar-refractivity contribution in [3.63, 3.8) is 0 Å². The van der Waals surface area contributed by atoms with E-state index in [4.69, 9.17) is 0 Å². The van der Waals surface area contributed by atoms with Crippen molar-refractivity contribution >= 4 is 44.0 Å². The average Bonchev–Trinajstić information content (AvgIpc) is 3.56. The second-order valence-corrected chi connectivity index (χ2v) is 11.7. The lowest BCUT2D eigenvalue weighted by Gasteiger charge is -2.15. The highest BCUT2D eigenvalue weighted by Crippen LogP contribution is 2.32. The Bertz CT molecular complexity index is 1470. The average molecular weight is 525 g/mol. The number of anilines is 2. The molecule has 188 valence electrons. The number of likely N-dealkylation sites (tertiary alicyclic amines) is 1. The molecular weight excluding hydrogens is 496 g/mol. The normalized spacial score (nSPS) is 14.5. The van der Waals surface area contributed by atoms with Gasteiger partial charge in [0.2, 0.25) is 16.0 Å². The van der Waals surface area contributed by atoms with E-state index in [1.807, 2.05) is 31.2 Å². The van der Waals surface area contributed by atoms with Crippen molar-refractivity contribution in [3.05, 3.63) is 59.0 Å². The van der Waals surface area contributed by atoms with Crippen LogP contribution in [-0.4, -0.2) is 59.8 Å². The van der Waals surface area contributed by atoms with E-state index in [1.54, 1.807) is 35.6 Å². The smallest absolute Gasteiger partial charge is 0.247 e. The van der Waals surface area contributed by atoms with E-state index in [1.165, 1.54) is 12.8 Å². The third kappa shape index (κ3) is 5.55. The van der Waals surface area contributed by atoms with Crippen molar-refractivity contribution < 1.29 is 13.5 Å². The molecule has 3 heterocycles. The molecule has 1 saturated heterocycles. The molecule has 0 atom stereocenters. The Morgan fingerprint density at radius 1 is 1.03 bits per heavy atom. The maximum absolute atomic E-state index is 12.6. The minimum absolute atomic E-state index is 0.0237. The van der Waals surface area contributed by atoms with Gasteiger partial charge in [-0.2, -0.15) is 0 Å². The number of benzene rings is 2. The molecule has 2 aromatic heterocycles. The molecule has 5 rings (SSSR count). The van der Waals surface area contributed by atoms with Gasteiger partial charge in [0.1, 0.15) is 5.52 Å². The molecule has 0 bridgehead atoms. The Labute approximate surface area is 214 Å². The van der Waals surface area contributed by atoms with Crippen LogP contribution in [0.5, 0.6) is 0 Å². The van der Waals surface area contributed by atoms with E-state index in [0.717, 1.165) is 40.5 Å². The first-order chi connectivity index (χ1) is 17.4. The van der Waals surface area contributed by atoms with E-state index in [-0.39, 0.29) is 11.5 Å². The van der Waals surface area contributed by atoms with E-state index >= 15 is 0 Å². The fourth-order valence-corrected chi connectivity index (χ4v) is 6.26. The van der Waals surface area contributed by atoms with Crippen molar-refractivity contribution in [2.45, 2.75) is 31.3 Å². The summed E-state index contributed by atoms with van der Waals surface area (Å²) in [7, 11) is -3.56. The monoisotopic (exact) mass is 524 g/mol. The van der Waals surface area contributed by atoms with Gasteiger partial charge in [0.05, 0.1) is 17.0 Å². The van der Waals surface area contributed by atoms with Crippen LogP contribution in [0.1, 0.15) is 23.3 Å². The lowest BCUT2D eigenvalue weighted by Crippen LogP contribution is -2.33. The first kappa shape index (κ1) is 24.7. The highest BCUT2D eigenvalue weighted by Gasteiger charge is 2.16. The van der Waals surface area contributed by atoms with Gasteiger partial charge in [-0.05, 0) is 92.5 Å². The molecule has 0 saturated carbocycles. The molecule has 1 aliphatic rings. The van der Waals surface area contributed by atoms with Gasteiger partial charge in [0.25, 0.3) is 0 Å². The van der Waals surface area contributed by atoms with Gasteiger partial charge in [-0.25, -0.2) is 18.1 Å². The van der Waals surface area contributed by atoms with Gasteiger partial charge < -0.3 is 15.3 Å². The van der Waals surface area contributed by atoms with E-state index < -0.39 is 10.0 Å². The summed E-state index contributed by atoms with van der Waals surface area (Å²) in [5, 5.41) is 21.0. The molecule has 0 aliphatic carbocycles. The molecule has 36 heavy (non-hydrogen) atoms. The minimum atomic E-state index is -3.56. The lowest BCUT2D eigenvalue weighted by molar-refractivity contribution is 0.285. The van der Waals surface area contributed by atoms with Gasteiger partial charge in [-0.1, -0.05) is 0 Å². The zero-order valence-electron chi connectivity index (χ0n) is 19.9. The first-order valence-electron chi connectivity index (χ1n) is 11.9. The molecular formula is C25H28N6O3S2. The Balaban J connectivity index is 1.27. The summed E-state index contributed by atoms with van der Waals surface area (Å²) in [6.07, 6.45) is 2.36. The summed E-state index contributed by atoms with van der Waals surface area (Å²) >= 11 is 1.55. The maximum Gasteiger partial charge on any atom is 0.247 e. The third-order valence-electron chi connectivity index (χ3n) is 6.22. The molecule has 0 amide bonds. The number of hydrogen-bond donors (Lipinski definition) is 3. The second-order valence-electron chi connectivity index (χ2n) is 8.81. The summed E-state index contributed by atoms with van der Waals surface area (Å²) in [4.78, 5) is 9.03. The van der Waals surface area contributed by atoms with E-state index in [0.29, 0.717) is 29.2 Å². The predicted molar refractivity (Wildman–Crippen MR) is 142 cm³/mol. The fraction of sp³-hybridized carbons (Fsp3) is 0.320. The SMILES string of the molecule is Cc1cc2nc(Nc3ccc(S(=O)(=O)NCCN4CCCC4)cc3)nnc2cc1-c1ccc(CO)s1. The molecule has 9 nitrogen and oxygen atoms in total. The van der Waals surface area contributed by atoms with E-state index in [9.17, 15) is 13.5 Å². The molecule has 0 spiro atoms. The van der Waals surface area contributed by atoms with Gasteiger partial charge in [0.15, 0.2) is 0 Å². The third-order valence-corrected chi connectivity index (χ3v) is 8.80. The number of nitrogens with zero attached hydrogens (tertiary/aromatic N) is 4. The van der Waals surface area contributed by atoms with Crippen molar-refractivity contribution in [1.82, 2.24) is 24.8 Å². The summed E-state index contributed by atoms with van der Waals surface area (Å²) in [6, 6.07) is 14.3. The first-order valence-corrected chi connectivity index (χ1v) is 14.2. The topological polar surface area (TPSA) is 120 Å². The zero-order valence-corrected chi connectivity index (χ0v) is 21.6. The number of thiophene rings is 1. The van der Waals surface area contributed by atoms with Gasteiger partial charge in [0, 0.05) is 28.5 Å². The van der Waals surface area contributed by atoms with Crippen LogP contribution in [0.3, 0.4) is 0 Å². The quantitative estimate of drug-likeness (QED) is 0.303. The Morgan fingerprint density at radius 2 is 1.81 bits per heavy atom. The summed E-state index contributed by atoms with van der Waals surface area (Å²) < 4.78 is 27.9. The van der Waals surface area contributed by atoms with Crippen molar-refractivity contribution in [2.75, 3.05) is 31.5 Å². The molecule has 11 heteroatoms. The Kier molecular flexibility index (Phi) is 7.26. The van der Waals surface area contributed by atoms with Crippen LogP contribution in [0, 0.1) is 6.92 Å². The maximum atomic E-state index is 12.6. The summed E-state index contributed by atoms with van der Waals surface area (Å²) in [5.41, 5.74) is 4.12. The standard InChI is InChI=1S/C25H28N6O3S2/c1-17-14-22-23(15-21(17)24-9-6-19(16-32)35-24)29-30-25(28-22)27-18-4-7-20(8-5-18)36(33,34)26-10-13-31-11-2-3-12-31/h4-9,14-15,26,32H,2-3,10-13,16H2,1H3,(H,27,28,30). The van der Waals surface area contributed by atoms with Crippen LogP contribution in [0.2, 0.25) is 0 Å². The van der Waals surface area contributed by atoms with Crippen LogP contribution >= 0.6 is 11.3 Å². The zero-order chi connectivity index (χ0) is 25.1. The second kappa shape index (κ2) is 10.6. The van der Waals surface area contributed by atoms with Gasteiger partial charge in [-0.15, -0.1) is 21.5 Å². The van der Waals surface area contributed by atoms with Crippen LogP contribution in [0.25, 0.3) is 21.5 Å². The molecule has 1 fully saturated rings. The molecule has 3 N–H and O–H groups in total. The number of hydrogen-bond acceptors (Lipinski definition) is 9. The molecule has 0 radical (unpaired) electrons.